The number of carbonyl (C=O) groups excluding carboxylic acids is 2. The van der Waals surface area contributed by atoms with Gasteiger partial charge in [-0.2, -0.15) is 0 Å². The van der Waals surface area contributed by atoms with E-state index in [1.165, 1.54) is 23.5 Å². The molecule has 2 aromatic carbocycles. The van der Waals surface area contributed by atoms with Gasteiger partial charge in [-0.3, -0.25) is 24.6 Å². The van der Waals surface area contributed by atoms with E-state index in [0.29, 0.717) is 22.7 Å². The van der Waals surface area contributed by atoms with Crippen LogP contribution in [0.3, 0.4) is 0 Å². The van der Waals surface area contributed by atoms with Crippen LogP contribution in [0.4, 0.5) is 11.4 Å². The monoisotopic (exact) mass is 433 g/mol. The number of fused-ring (bicyclic) bond motifs is 2. The van der Waals surface area contributed by atoms with E-state index in [4.69, 9.17) is 0 Å². The van der Waals surface area contributed by atoms with Crippen LogP contribution >= 0.6 is 11.3 Å². The van der Waals surface area contributed by atoms with Gasteiger partial charge in [-0.1, -0.05) is 36.4 Å². The number of amides is 1. The number of ketones is 1. The lowest BCUT2D eigenvalue weighted by atomic mass is 9.71. The zero-order chi connectivity index (χ0) is 21.8. The van der Waals surface area contributed by atoms with Crippen molar-refractivity contribution in [3.63, 3.8) is 0 Å². The summed E-state index contributed by atoms with van der Waals surface area (Å²) < 4.78 is 0. The third kappa shape index (κ3) is 2.75. The Hall–Kier alpha value is -3.36. The molecule has 3 aromatic rings. The summed E-state index contributed by atoms with van der Waals surface area (Å²) in [6.07, 6.45) is 0. The SMILES string of the molecule is CN1C[C@H](c2cccc([N+](=O)[O-])c2)C(C(=O)c2cccs2)[C@]12C(=O)Nc1ccccc12. The molecule has 7 nitrogen and oxygen atoms in total. The molecule has 0 saturated carbocycles. The summed E-state index contributed by atoms with van der Waals surface area (Å²) in [6.45, 7) is 0.421. The second-order valence-corrected chi connectivity index (χ2v) is 8.87. The molecule has 156 valence electrons. The smallest absolute Gasteiger partial charge is 0.269 e. The molecular weight excluding hydrogens is 414 g/mol. The van der Waals surface area contributed by atoms with Crippen LogP contribution < -0.4 is 5.32 Å². The molecule has 1 saturated heterocycles. The highest BCUT2D eigenvalue weighted by molar-refractivity contribution is 7.12. The van der Waals surface area contributed by atoms with E-state index in [9.17, 15) is 19.7 Å². The fourth-order valence-corrected chi connectivity index (χ4v) is 5.84. The van der Waals surface area contributed by atoms with Crippen LogP contribution in [0.2, 0.25) is 0 Å². The highest BCUT2D eigenvalue weighted by Crippen LogP contribution is 2.55. The Kier molecular flexibility index (Phi) is 4.49. The van der Waals surface area contributed by atoms with Crippen LogP contribution in [-0.4, -0.2) is 35.1 Å². The number of likely N-dealkylation sites (tertiary alicyclic amines) is 1. The Labute approximate surface area is 182 Å². The Morgan fingerprint density at radius 1 is 1.19 bits per heavy atom. The molecule has 0 aliphatic carbocycles. The Balaban J connectivity index is 1.72. The zero-order valence-electron chi connectivity index (χ0n) is 16.6. The number of anilines is 1. The molecule has 1 aromatic heterocycles. The lowest BCUT2D eigenvalue weighted by molar-refractivity contribution is -0.384. The van der Waals surface area contributed by atoms with Crippen molar-refractivity contribution in [1.82, 2.24) is 4.90 Å². The first kappa shape index (κ1) is 19.6. The number of nitro groups is 1. The summed E-state index contributed by atoms with van der Waals surface area (Å²) in [5.74, 6) is -1.46. The molecule has 31 heavy (non-hydrogen) atoms. The van der Waals surface area contributed by atoms with Crippen molar-refractivity contribution in [2.45, 2.75) is 11.5 Å². The lowest BCUT2D eigenvalue weighted by Gasteiger charge is -2.35. The Morgan fingerprint density at radius 2 is 2.00 bits per heavy atom. The summed E-state index contributed by atoms with van der Waals surface area (Å²) in [5, 5.41) is 16.2. The number of nitrogens with one attached hydrogen (secondary N) is 1. The minimum atomic E-state index is -1.17. The van der Waals surface area contributed by atoms with Crippen molar-refractivity contribution in [2.24, 2.45) is 5.92 Å². The predicted molar refractivity (Wildman–Crippen MR) is 117 cm³/mol. The highest BCUT2D eigenvalue weighted by Gasteiger charge is 2.64. The maximum atomic E-state index is 13.8. The standard InChI is InChI=1S/C23H19N3O4S/c1-25-13-16(14-6-4-7-15(12-14)26(29)30)20(21(27)19-10-5-11-31-19)23(25)17-8-2-3-9-18(17)24-22(23)28/h2-12,16,20H,13H2,1H3,(H,24,28)/t16-,20?,23-/m1/s1. The van der Waals surface area contributed by atoms with Crippen LogP contribution in [0.1, 0.15) is 26.7 Å². The van der Waals surface area contributed by atoms with Gasteiger partial charge in [0, 0.05) is 35.8 Å². The molecule has 1 N–H and O–H groups in total. The van der Waals surface area contributed by atoms with Crippen molar-refractivity contribution < 1.29 is 14.5 Å². The van der Waals surface area contributed by atoms with Gasteiger partial charge in [0.15, 0.2) is 5.78 Å². The normalized spacial score (nSPS) is 24.9. The molecule has 1 fully saturated rings. The van der Waals surface area contributed by atoms with Crippen molar-refractivity contribution in [2.75, 3.05) is 18.9 Å². The van der Waals surface area contributed by atoms with E-state index in [0.717, 1.165) is 5.56 Å². The fraction of sp³-hybridized carbons (Fsp3) is 0.217. The average molecular weight is 433 g/mol. The molecule has 1 amide bonds. The van der Waals surface area contributed by atoms with Gasteiger partial charge < -0.3 is 5.32 Å². The van der Waals surface area contributed by atoms with Gasteiger partial charge in [0.05, 0.1) is 15.7 Å². The maximum absolute atomic E-state index is 13.8. The van der Waals surface area contributed by atoms with E-state index < -0.39 is 16.4 Å². The molecule has 0 radical (unpaired) electrons. The van der Waals surface area contributed by atoms with Crippen molar-refractivity contribution in [3.05, 3.63) is 92.2 Å². The summed E-state index contributed by atoms with van der Waals surface area (Å²) >= 11 is 1.34. The quantitative estimate of drug-likeness (QED) is 0.381. The van der Waals surface area contributed by atoms with E-state index in [2.05, 4.69) is 5.32 Å². The molecule has 5 rings (SSSR count). The molecule has 2 aliphatic heterocycles. The van der Waals surface area contributed by atoms with Gasteiger partial charge in [0.25, 0.3) is 5.69 Å². The van der Waals surface area contributed by atoms with E-state index in [1.807, 2.05) is 47.7 Å². The molecule has 0 bridgehead atoms. The van der Waals surface area contributed by atoms with Gasteiger partial charge in [0.1, 0.15) is 5.54 Å². The largest absolute Gasteiger partial charge is 0.324 e. The third-order valence-corrected chi connectivity index (χ3v) is 7.30. The highest BCUT2D eigenvalue weighted by atomic mass is 32.1. The molecule has 1 spiro atoms. The number of benzene rings is 2. The molecule has 3 atom stereocenters. The summed E-state index contributed by atoms with van der Waals surface area (Å²) in [7, 11) is 1.84. The third-order valence-electron chi connectivity index (χ3n) is 6.41. The number of likely N-dealkylation sites (N-methyl/N-ethyl adjacent to an activating group) is 1. The van der Waals surface area contributed by atoms with Gasteiger partial charge in [0.2, 0.25) is 5.91 Å². The number of hydrogen-bond donors (Lipinski definition) is 1. The number of carbonyl (C=O) groups is 2. The predicted octanol–water partition coefficient (Wildman–Crippen LogP) is 4.03. The second-order valence-electron chi connectivity index (χ2n) is 7.92. The first-order valence-electron chi connectivity index (χ1n) is 9.89. The van der Waals surface area contributed by atoms with Gasteiger partial charge >= 0.3 is 0 Å². The molecule has 1 unspecified atom stereocenters. The number of non-ortho nitro benzene ring substituents is 1. The van der Waals surface area contributed by atoms with Crippen LogP contribution in [-0.2, 0) is 10.3 Å². The van der Waals surface area contributed by atoms with Crippen molar-refractivity contribution in [1.29, 1.82) is 0 Å². The Morgan fingerprint density at radius 3 is 2.74 bits per heavy atom. The van der Waals surface area contributed by atoms with E-state index >= 15 is 0 Å². The maximum Gasteiger partial charge on any atom is 0.269 e. The number of nitrogens with zero attached hydrogens (tertiary/aromatic N) is 2. The average Bonchev–Trinajstić information content (AvgIpc) is 3.47. The van der Waals surface area contributed by atoms with Gasteiger partial charge in [-0.05, 0) is 30.1 Å². The minimum absolute atomic E-state index is 0.0281. The first-order valence-corrected chi connectivity index (χ1v) is 10.8. The molecule has 8 heteroatoms. The van der Waals surface area contributed by atoms with Crippen LogP contribution in [0, 0.1) is 16.0 Å². The lowest BCUT2D eigenvalue weighted by Crippen LogP contribution is -2.51. The number of rotatable bonds is 4. The zero-order valence-corrected chi connectivity index (χ0v) is 17.5. The van der Waals surface area contributed by atoms with Crippen LogP contribution in [0.15, 0.2) is 66.0 Å². The topological polar surface area (TPSA) is 92.5 Å². The second kappa shape index (κ2) is 7.11. The van der Waals surface area contributed by atoms with Gasteiger partial charge in [-0.15, -0.1) is 11.3 Å². The Bertz CT molecular complexity index is 1210. The number of nitro benzene ring substituents is 1. The summed E-state index contributed by atoms with van der Waals surface area (Å²) in [4.78, 5) is 40.8. The number of Topliss-reactive ketones (excluding diaryl/α,β-unsaturated/α-hetero) is 1. The van der Waals surface area contributed by atoms with E-state index in [1.54, 1.807) is 18.2 Å². The van der Waals surface area contributed by atoms with Crippen LogP contribution in [0.5, 0.6) is 0 Å². The minimum Gasteiger partial charge on any atom is -0.324 e. The number of para-hydroxylation sites is 1. The van der Waals surface area contributed by atoms with Crippen molar-refractivity contribution in [3.8, 4) is 0 Å². The fourth-order valence-electron chi connectivity index (χ4n) is 5.14. The summed E-state index contributed by atoms with van der Waals surface area (Å²) in [6, 6.07) is 17.4. The molecular formula is C23H19N3O4S. The molecule has 2 aliphatic rings. The van der Waals surface area contributed by atoms with Crippen LogP contribution in [0.25, 0.3) is 0 Å². The number of thiophene rings is 1. The van der Waals surface area contributed by atoms with Gasteiger partial charge in [-0.25, -0.2) is 0 Å². The first-order chi connectivity index (χ1) is 14.9. The molecule has 3 heterocycles. The number of hydrogen-bond acceptors (Lipinski definition) is 6. The van der Waals surface area contributed by atoms with Crippen molar-refractivity contribution >= 4 is 34.4 Å². The summed E-state index contributed by atoms with van der Waals surface area (Å²) in [5.41, 5.74) is 0.950. The van der Waals surface area contributed by atoms with E-state index in [-0.39, 0.29) is 23.3 Å².